The van der Waals surface area contributed by atoms with Gasteiger partial charge in [-0.1, -0.05) is 41.9 Å². The summed E-state index contributed by atoms with van der Waals surface area (Å²) in [5.74, 6) is 0.280. The van der Waals surface area contributed by atoms with E-state index in [1.807, 2.05) is 41.3 Å². The van der Waals surface area contributed by atoms with E-state index in [2.05, 4.69) is 5.32 Å². The van der Waals surface area contributed by atoms with Crippen molar-refractivity contribution in [1.82, 2.24) is 10.2 Å². The number of hydrogen-bond donors (Lipinski definition) is 1. The molecule has 1 aliphatic heterocycles. The smallest absolute Gasteiger partial charge is 0.254 e. The molecule has 2 atom stereocenters. The molecule has 4 rings (SSSR count). The third-order valence-electron chi connectivity index (χ3n) is 5.51. The first-order valence-electron chi connectivity index (χ1n) is 10.0. The molecule has 3 aromatic rings. The van der Waals surface area contributed by atoms with Crippen LogP contribution in [0, 0.1) is 5.92 Å². The Morgan fingerprint density at radius 3 is 2.47 bits per heavy atom. The molecular formula is C24H23ClN2O3. The molecule has 1 aromatic heterocycles. The van der Waals surface area contributed by atoms with E-state index in [9.17, 15) is 9.59 Å². The Balaban J connectivity index is 1.53. The maximum absolute atomic E-state index is 13.3. The van der Waals surface area contributed by atoms with Gasteiger partial charge in [0.25, 0.3) is 5.91 Å². The number of likely N-dealkylation sites (tertiary alicyclic amines) is 1. The quantitative estimate of drug-likeness (QED) is 0.639. The molecule has 0 aliphatic carbocycles. The molecule has 2 unspecified atom stereocenters. The van der Waals surface area contributed by atoms with Gasteiger partial charge in [-0.15, -0.1) is 0 Å². The van der Waals surface area contributed by atoms with Crippen LogP contribution in [0.15, 0.2) is 77.4 Å². The molecular weight excluding hydrogens is 400 g/mol. The SMILES string of the molecule is O=C(NCc1ccco1)C1CCC(c2ccccc2)N(C(=O)c2ccc(Cl)cc2)C1. The molecule has 1 N–H and O–H groups in total. The number of benzene rings is 2. The van der Waals surface area contributed by atoms with Crippen LogP contribution in [0.1, 0.15) is 40.6 Å². The molecule has 0 bridgehead atoms. The van der Waals surface area contributed by atoms with E-state index in [0.29, 0.717) is 35.9 Å². The first kappa shape index (κ1) is 20.2. The number of halogens is 1. The minimum absolute atomic E-state index is 0.0631. The lowest BCUT2D eigenvalue weighted by molar-refractivity contribution is -0.127. The van der Waals surface area contributed by atoms with Crippen molar-refractivity contribution in [2.45, 2.75) is 25.4 Å². The van der Waals surface area contributed by atoms with Crippen LogP contribution >= 0.6 is 11.6 Å². The number of carbonyl (C=O) groups is 2. The van der Waals surface area contributed by atoms with Gasteiger partial charge in [-0.3, -0.25) is 9.59 Å². The fourth-order valence-electron chi connectivity index (χ4n) is 3.92. The van der Waals surface area contributed by atoms with E-state index in [-0.39, 0.29) is 23.8 Å². The maximum Gasteiger partial charge on any atom is 0.254 e. The zero-order valence-corrected chi connectivity index (χ0v) is 17.2. The zero-order chi connectivity index (χ0) is 20.9. The summed E-state index contributed by atoms with van der Waals surface area (Å²) in [6, 6.07) is 20.4. The van der Waals surface area contributed by atoms with Crippen molar-refractivity contribution < 1.29 is 14.0 Å². The standard InChI is InChI=1S/C24H23ClN2O3/c25-20-11-8-18(9-12-20)24(29)27-16-19(23(28)26-15-21-7-4-14-30-21)10-13-22(27)17-5-2-1-3-6-17/h1-9,11-12,14,19,22H,10,13,15-16H2,(H,26,28). The highest BCUT2D eigenvalue weighted by atomic mass is 35.5. The molecule has 154 valence electrons. The summed E-state index contributed by atoms with van der Waals surface area (Å²) in [7, 11) is 0. The lowest BCUT2D eigenvalue weighted by Crippen LogP contribution is -2.46. The van der Waals surface area contributed by atoms with Gasteiger partial charge in [0.1, 0.15) is 5.76 Å². The van der Waals surface area contributed by atoms with Gasteiger partial charge in [-0.2, -0.15) is 0 Å². The summed E-state index contributed by atoms with van der Waals surface area (Å²) in [6.07, 6.45) is 3.02. The fourth-order valence-corrected chi connectivity index (χ4v) is 4.05. The number of amides is 2. The second-order valence-corrected chi connectivity index (χ2v) is 7.90. The molecule has 2 heterocycles. The summed E-state index contributed by atoms with van der Waals surface area (Å²) >= 11 is 5.98. The molecule has 5 nitrogen and oxygen atoms in total. The topological polar surface area (TPSA) is 62.6 Å². The summed E-state index contributed by atoms with van der Waals surface area (Å²) in [6.45, 7) is 0.709. The monoisotopic (exact) mass is 422 g/mol. The van der Waals surface area contributed by atoms with Crippen molar-refractivity contribution in [3.8, 4) is 0 Å². The largest absolute Gasteiger partial charge is 0.467 e. The molecule has 1 saturated heterocycles. The molecule has 30 heavy (non-hydrogen) atoms. The van der Waals surface area contributed by atoms with Gasteiger partial charge < -0.3 is 14.6 Å². The predicted octanol–water partition coefficient (Wildman–Crippen LogP) is 4.84. The van der Waals surface area contributed by atoms with Crippen LogP contribution in [0.25, 0.3) is 0 Å². The highest BCUT2D eigenvalue weighted by molar-refractivity contribution is 6.30. The highest BCUT2D eigenvalue weighted by Gasteiger charge is 2.35. The van der Waals surface area contributed by atoms with Crippen LogP contribution in [0.5, 0.6) is 0 Å². The van der Waals surface area contributed by atoms with Crippen LogP contribution in [-0.2, 0) is 11.3 Å². The Labute approximate surface area is 180 Å². The Kier molecular flexibility index (Phi) is 6.19. The lowest BCUT2D eigenvalue weighted by Gasteiger charge is -2.39. The third kappa shape index (κ3) is 4.57. The number of piperidine rings is 1. The maximum atomic E-state index is 13.3. The number of carbonyl (C=O) groups excluding carboxylic acids is 2. The summed E-state index contributed by atoms with van der Waals surface area (Å²) in [4.78, 5) is 27.9. The van der Waals surface area contributed by atoms with E-state index in [1.165, 1.54) is 0 Å². The minimum Gasteiger partial charge on any atom is -0.467 e. The Morgan fingerprint density at radius 1 is 1.00 bits per heavy atom. The Hall–Kier alpha value is -3.05. The second kappa shape index (κ2) is 9.18. The normalized spacial score (nSPS) is 18.8. The average Bonchev–Trinajstić information content (AvgIpc) is 3.31. The van der Waals surface area contributed by atoms with E-state index in [4.69, 9.17) is 16.0 Å². The van der Waals surface area contributed by atoms with Crippen molar-refractivity contribution in [1.29, 1.82) is 0 Å². The van der Waals surface area contributed by atoms with Crippen LogP contribution in [-0.4, -0.2) is 23.3 Å². The van der Waals surface area contributed by atoms with Gasteiger partial charge in [-0.25, -0.2) is 0 Å². The number of nitrogens with one attached hydrogen (secondary N) is 1. The summed E-state index contributed by atoms with van der Waals surface area (Å²) in [5.41, 5.74) is 1.64. The van der Waals surface area contributed by atoms with Crippen LogP contribution in [0.2, 0.25) is 5.02 Å². The van der Waals surface area contributed by atoms with Gasteiger partial charge in [0, 0.05) is 17.1 Å². The van der Waals surface area contributed by atoms with Crippen molar-refractivity contribution in [3.05, 3.63) is 94.9 Å². The van der Waals surface area contributed by atoms with Crippen molar-refractivity contribution in [3.63, 3.8) is 0 Å². The van der Waals surface area contributed by atoms with Crippen molar-refractivity contribution in [2.24, 2.45) is 5.92 Å². The fraction of sp³-hybridized carbons (Fsp3) is 0.250. The van der Waals surface area contributed by atoms with Gasteiger partial charge in [0.2, 0.25) is 5.91 Å². The average molecular weight is 423 g/mol. The summed E-state index contributed by atoms with van der Waals surface area (Å²) in [5, 5.41) is 3.51. The molecule has 6 heteroatoms. The minimum atomic E-state index is -0.267. The van der Waals surface area contributed by atoms with Gasteiger partial charge in [-0.05, 0) is 54.8 Å². The third-order valence-corrected chi connectivity index (χ3v) is 5.76. The second-order valence-electron chi connectivity index (χ2n) is 7.46. The van der Waals surface area contributed by atoms with E-state index in [0.717, 1.165) is 12.0 Å². The van der Waals surface area contributed by atoms with Crippen molar-refractivity contribution >= 4 is 23.4 Å². The molecule has 1 fully saturated rings. The van der Waals surface area contributed by atoms with Crippen LogP contribution < -0.4 is 5.32 Å². The zero-order valence-electron chi connectivity index (χ0n) is 16.5. The Bertz CT molecular complexity index is 987. The van der Waals surface area contributed by atoms with Gasteiger partial charge in [0.05, 0.1) is 24.8 Å². The summed E-state index contributed by atoms with van der Waals surface area (Å²) < 4.78 is 5.28. The lowest BCUT2D eigenvalue weighted by atomic mass is 9.88. The highest BCUT2D eigenvalue weighted by Crippen LogP contribution is 2.34. The molecule has 2 amide bonds. The number of hydrogen-bond acceptors (Lipinski definition) is 3. The molecule has 0 spiro atoms. The van der Waals surface area contributed by atoms with Gasteiger partial charge >= 0.3 is 0 Å². The molecule has 0 radical (unpaired) electrons. The first-order valence-corrected chi connectivity index (χ1v) is 10.4. The van der Waals surface area contributed by atoms with E-state index in [1.54, 1.807) is 36.6 Å². The molecule has 1 aliphatic rings. The number of nitrogens with zero attached hydrogens (tertiary/aromatic N) is 1. The van der Waals surface area contributed by atoms with E-state index < -0.39 is 0 Å². The predicted molar refractivity (Wildman–Crippen MR) is 115 cm³/mol. The van der Waals surface area contributed by atoms with Crippen molar-refractivity contribution in [2.75, 3.05) is 6.54 Å². The Morgan fingerprint density at radius 2 is 1.77 bits per heavy atom. The first-order chi connectivity index (χ1) is 14.6. The number of rotatable bonds is 5. The molecule has 2 aromatic carbocycles. The van der Waals surface area contributed by atoms with Gasteiger partial charge in [0.15, 0.2) is 0 Å². The number of furan rings is 1. The van der Waals surface area contributed by atoms with Crippen LogP contribution in [0.3, 0.4) is 0 Å². The van der Waals surface area contributed by atoms with E-state index >= 15 is 0 Å². The molecule has 0 saturated carbocycles. The van der Waals surface area contributed by atoms with Crippen LogP contribution in [0.4, 0.5) is 0 Å².